The number of carbonyl (C=O) groups excluding carboxylic acids is 1. The monoisotopic (exact) mass is 379 g/mol. The molecule has 0 spiro atoms. The average Bonchev–Trinajstić information content (AvgIpc) is 3.31. The van der Waals surface area contributed by atoms with E-state index in [0.717, 1.165) is 26.9 Å². The van der Waals surface area contributed by atoms with Gasteiger partial charge in [-0.15, -0.1) is 21.5 Å². The normalized spacial score (nSPS) is 13.7. The van der Waals surface area contributed by atoms with Crippen molar-refractivity contribution in [3.63, 3.8) is 0 Å². The fourth-order valence-electron chi connectivity index (χ4n) is 3.23. The highest BCUT2D eigenvalue weighted by Crippen LogP contribution is 2.30. The molecule has 1 aliphatic rings. The maximum absolute atomic E-state index is 13.1. The lowest BCUT2D eigenvalue weighted by atomic mass is 10.2. The number of para-hydroxylation sites is 1. The molecule has 4 aromatic rings. The summed E-state index contributed by atoms with van der Waals surface area (Å²) >= 11 is 1.58. The second kappa shape index (κ2) is 6.24. The van der Waals surface area contributed by atoms with Gasteiger partial charge < -0.3 is 9.47 Å². The summed E-state index contributed by atoms with van der Waals surface area (Å²) < 4.78 is 16.2. The van der Waals surface area contributed by atoms with Crippen molar-refractivity contribution in [2.45, 2.75) is 13.1 Å². The average molecular weight is 379 g/mol. The number of fused-ring (bicyclic) bond motifs is 2. The molecule has 0 saturated heterocycles. The zero-order valence-electron chi connectivity index (χ0n) is 14.2. The van der Waals surface area contributed by atoms with Gasteiger partial charge in [-0.05, 0) is 36.4 Å². The number of hydrogen-bond donors (Lipinski definition) is 0. The first-order valence-electron chi connectivity index (χ1n) is 8.52. The summed E-state index contributed by atoms with van der Waals surface area (Å²) in [6.45, 7) is 1.51. The Balaban J connectivity index is 1.43. The zero-order valence-corrected chi connectivity index (χ0v) is 15.0. The van der Waals surface area contributed by atoms with Crippen LogP contribution < -0.4 is 0 Å². The largest absolute Gasteiger partial charge is 0.329 e. The molecule has 0 aliphatic carbocycles. The SMILES string of the molecule is O=C(c1ccc(F)cc1)N1CCn2c(nnc2-c2nc3ccccc3s2)C1. The summed E-state index contributed by atoms with van der Waals surface area (Å²) in [5.74, 6) is 0.974. The van der Waals surface area contributed by atoms with Crippen LogP contribution in [0.5, 0.6) is 0 Å². The van der Waals surface area contributed by atoms with Crippen molar-refractivity contribution in [1.82, 2.24) is 24.6 Å². The second-order valence-electron chi connectivity index (χ2n) is 6.31. The Hall–Kier alpha value is -3.13. The van der Waals surface area contributed by atoms with Crippen molar-refractivity contribution in [3.8, 4) is 10.8 Å². The first-order chi connectivity index (χ1) is 13.2. The maximum atomic E-state index is 13.1. The molecule has 1 amide bonds. The number of thiazole rings is 1. The van der Waals surface area contributed by atoms with E-state index in [9.17, 15) is 9.18 Å². The van der Waals surface area contributed by atoms with Gasteiger partial charge in [0, 0.05) is 18.7 Å². The third kappa shape index (κ3) is 2.78. The van der Waals surface area contributed by atoms with Crippen LogP contribution in [-0.2, 0) is 13.1 Å². The number of halogens is 1. The molecule has 2 aromatic carbocycles. The Bertz CT molecular complexity index is 1120. The summed E-state index contributed by atoms with van der Waals surface area (Å²) in [7, 11) is 0. The molecule has 0 saturated carbocycles. The van der Waals surface area contributed by atoms with Gasteiger partial charge in [0.1, 0.15) is 5.82 Å². The van der Waals surface area contributed by atoms with Crippen molar-refractivity contribution in [1.29, 1.82) is 0 Å². The van der Waals surface area contributed by atoms with Gasteiger partial charge >= 0.3 is 0 Å². The Labute approximate surface area is 157 Å². The van der Waals surface area contributed by atoms with E-state index < -0.39 is 0 Å². The third-order valence-electron chi connectivity index (χ3n) is 4.62. The highest BCUT2D eigenvalue weighted by molar-refractivity contribution is 7.21. The molecule has 2 aromatic heterocycles. The van der Waals surface area contributed by atoms with Crippen LogP contribution in [0.15, 0.2) is 48.5 Å². The minimum Gasteiger partial charge on any atom is -0.329 e. The van der Waals surface area contributed by atoms with E-state index in [4.69, 9.17) is 0 Å². The number of carbonyl (C=O) groups is 1. The summed E-state index contributed by atoms with van der Waals surface area (Å²) in [6, 6.07) is 13.6. The molecule has 134 valence electrons. The molecule has 1 aliphatic heterocycles. The topological polar surface area (TPSA) is 63.9 Å². The van der Waals surface area contributed by atoms with Gasteiger partial charge in [-0.2, -0.15) is 0 Å². The molecule has 0 radical (unpaired) electrons. The minimum atomic E-state index is -0.356. The maximum Gasteiger partial charge on any atom is 0.254 e. The fraction of sp³-hybridized carbons (Fsp3) is 0.158. The van der Waals surface area contributed by atoms with Crippen LogP contribution in [0.3, 0.4) is 0 Å². The summed E-state index contributed by atoms with van der Waals surface area (Å²) in [5.41, 5.74) is 1.41. The molecule has 27 heavy (non-hydrogen) atoms. The molecule has 0 unspecified atom stereocenters. The predicted octanol–water partition coefficient (Wildman–Crippen LogP) is 3.35. The fourth-order valence-corrected chi connectivity index (χ4v) is 4.19. The number of nitrogens with zero attached hydrogens (tertiary/aromatic N) is 5. The number of aromatic nitrogens is 4. The second-order valence-corrected chi connectivity index (χ2v) is 7.34. The molecule has 0 atom stereocenters. The Morgan fingerprint density at radius 1 is 1.04 bits per heavy atom. The van der Waals surface area contributed by atoms with E-state index in [1.807, 2.05) is 28.8 Å². The van der Waals surface area contributed by atoms with Crippen LogP contribution in [0.25, 0.3) is 21.0 Å². The molecule has 0 fully saturated rings. The number of amides is 1. The highest BCUT2D eigenvalue weighted by atomic mass is 32.1. The van der Waals surface area contributed by atoms with Gasteiger partial charge in [-0.25, -0.2) is 9.37 Å². The Morgan fingerprint density at radius 2 is 1.85 bits per heavy atom. The minimum absolute atomic E-state index is 0.134. The van der Waals surface area contributed by atoms with Gasteiger partial charge in [0.05, 0.1) is 16.8 Å². The molecule has 0 N–H and O–H groups in total. The van der Waals surface area contributed by atoms with Gasteiger partial charge in [-0.3, -0.25) is 4.79 Å². The summed E-state index contributed by atoms with van der Waals surface area (Å²) in [4.78, 5) is 19.0. The van der Waals surface area contributed by atoms with E-state index in [2.05, 4.69) is 15.2 Å². The van der Waals surface area contributed by atoms with E-state index in [0.29, 0.717) is 25.2 Å². The van der Waals surface area contributed by atoms with E-state index in [1.165, 1.54) is 24.3 Å². The van der Waals surface area contributed by atoms with Gasteiger partial charge in [0.15, 0.2) is 16.7 Å². The number of hydrogen-bond acceptors (Lipinski definition) is 5. The Morgan fingerprint density at radius 3 is 2.67 bits per heavy atom. The van der Waals surface area contributed by atoms with Gasteiger partial charge in [0.25, 0.3) is 5.91 Å². The molecule has 3 heterocycles. The lowest BCUT2D eigenvalue weighted by molar-refractivity contribution is 0.0708. The van der Waals surface area contributed by atoms with Crippen molar-refractivity contribution in [3.05, 3.63) is 65.7 Å². The van der Waals surface area contributed by atoms with Crippen LogP contribution in [0.1, 0.15) is 16.2 Å². The van der Waals surface area contributed by atoms with Crippen molar-refractivity contribution >= 4 is 27.5 Å². The lowest BCUT2D eigenvalue weighted by Gasteiger charge is -2.27. The van der Waals surface area contributed by atoms with Crippen LogP contribution >= 0.6 is 11.3 Å². The lowest BCUT2D eigenvalue weighted by Crippen LogP contribution is -2.38. The summed E-state index contributed by atoms with van der Waals surface area (Å²) in [6.07, 6.45) is 0. The molecular formula is C19H14FN5OS. The molecule has 6 nitrogen and oxygen atoms in total. The number of benzene rings is 2. The first-order valence-corrected chi connectivity index (χ1v) is 9.33. The van der Waals surface area contributed by atoms with E-state index >= 15 is 0 Å². The smallest absolute Gasteiger partial charge is 0.254 e. The van der Waals surface area contributed by atoms with Crippen LogP contribution in [0.2, 0.25) is 0 Å². The van der Waals surface area contributed by atoms with Crippen molar-refractivity contribution < 1.29 is 9.18 Å². The van der Waals surface area contributed by atoms with E-state index in [1.54, 1.807) is 16.2 Å². The van der Waals surface area contributed by atoms with Crippen molar-refractivity contribution in [2.75, 3.05) is 6.54 Å². The molecule has 5 rings (SSSR count). The van der Waals surface area contributed by atoms with Crippen LogP contribution in [0, 0.1) is 5.82 Å². The predicted molar refractivity (Wildman–Crippen MR) is 99.8 cm³/mol. The summed E-state index contributed by atoms with van der Waals surface area (Å²) in [5, 5.41) is 9.41. The van der Waals surface area contributed by atoms with E-state index in [-0.39, 0.29) is 11.7 Å². The van der Waals surface area contributed by atoms with Crippen LogP contribution in [0.4, 0.5) is 4.39 Å². The van der Waals surface area contributed by atoms with Gasteiger partial charge in [0.2, 0.25) is 0 Å². The van der Waals surface area contributed by atoms with Crippen molar-refractivity contribution in [2.24, 2.45) is 0 Å². The zero-order chi connectivity index (χ0) is 18.4. The first kappa shape index (κ1) is 16.1. The third-order valence-corrected chi connectivity index (χ3v) is 5.65. The van der Waals surface area contributed by atoms with Gasteiger partial charge in [-0.1, -0.05) is 12.1 Å². The molecular weight excluding hydrogens is 365 g/mol. The standard InChI is InChI=1S/C19H14FN5OS/c20-13-7-5-12(6-8-13)19(26)24-9-10-25-16(11-24)22-23-17(25)18-21-14-3-1-2-4-15(14)27-18/h1-8H,9-11H2. The number of rotatable bonds is 2. The molecule has 8 heteroatoms. The quantitative estimate of drug-likeness (QED) is 0.536. The van der Waals surface area contributed by atoms with Crippen LogP contribution in [-0.4, -0.2) is 37.1 Å². The highest BCUT2D eigenvalue weighted by Gasteiger charge is 2.26. The Kier molecular flexibility index (Phi) is 3.71. The molecule has 0 bridgehead atoms.